The quantitative estimate of drug-likeness (QED) is 0.626. The van der Waals surface area contributed by atoms with Crippen molar-refractivity contribution >= 4 is 0 Å². The first-order valence-corrected chi connectivity index (χ1v) is 11.6. The van der Waals surface area contributed by atoms with Crippen molar-refractivity contribution in [3.8, 4) is 0 Å². The highest BCUT2D eigenvalue weighted by atomic mass is 16.3. The van der Waals surface area contributed by atoms with Gasteiger partial charge in [-0.25, -0.2) is 0 Å². The maximum Gasteiger partial charge on any atom is 0.0602 e. The molecular formula is C24H38O. The van der Waals surface area contributed by atoms with E-state index in [1.807, 2.05) is 0 Å². The summed E-state index contributed by atoms with van der Waals surface area (Å²) in [5.74, 6) is 7.55. The number of rotatable bonds is 2. The summed E-state index contributed by atoms with van der Waals surface area (Å²) < 4.78 is 0. The summed E-state index contributed by atoms with van der Waals surface area (Å²) in [7, 11) is 0. The maximum absolute atomic E-state index is 11.6. The fourth-order valence-corrected chi connectivity index (χ4v) is 8.60. The fourth-order valence-electron chi connectivity index (χ4n) is 8.60. The van der Waals surface area contributed by atoms with E-state index in [9.17, 15) is 5.11 Å². The van der Waals surface area contributed by atoms with Gasteiger partial charge in [0.15, 0.2) is 0 Å². The number of aliphatic hydroxyl groups excluding tert-OH is 1. The Labute approximate surface area is 154 Å². The molecule has 0 aromatic rings. The van der Waals surface area contributed by atoms with Crippen molar-refractivity contribution in [2.24, 2.45) is 53.3 Å². The normalized spacial score (nSPS) is 53.1. The fraction of sp³-hybridized carbons (Fsp3) is 0.917. The predicted molar refractivity (Wildman–Crippen MR) is 103 cm³/mol. The van der Waals surface area contributed by atoms with E-state index in [-0.39, 0.29) is 6.10 Å². The topological polar surface area (TPSA) is 20.2 Å². The van der Waals surface area contributed by atoms with E-state index in [4.69, 9.17) is 0 Å². The second-order valence-corrected chi connectivity index (χ2v) is 10.5. The minimum atomic E-state index is -0.00351. The van der Waals surface area contributed by atoms with Crippen LogP contribution in [0, 0.1) is 53.3 Å². The molecule has 4 saturated carbocycles. The summed E-state index contributed by atoms with van der Waals surface area (Å²) in [6.45, 7) is 2.48. The van der Waals surface area contributed by atoms with Gasteiger partial charge in [-0.3, -0.25) is 0 Å². The lowest BCUT2D eigenvalue weighted by Gasteiger charge is -2.47. The van der Waals surface area contributed by atoms with Gasteiger partial charge in [-0.1, -0.05) is 51.2 Å². The van der Waals surface area contributed by atoms with Gasteiger partial charge in [0.2, 0.25) is 0 Å². The van der Waals surface area contributed by atoms with Crippen molar-refractivity contribution in [1.82, 2.24) is 0 Å². The standard InChI is InChI=1S/C24H38O/c1-15-19-10-3-2-6-16(19)12-13-20(15)24(25)22-14-18-9-4-7-17-8-5-11-21(22)23(17)18/h2-3,15-25H,4-14H2,1H3/t15?,16?,17?,18?,19?,20-,21?,22?,23?,24?/m0/s1. The van der Waals surface area contributed by atoms with Crippen LogP contribution in [0.3, 0.4) is 0 Å². The Morgan fingerprint density at radius 1 is 0.760 bits per heavy atom. The van der Waals surface area contributed by atoms with Crippen molar-refractivity contribution in [3.63, 3.8) is 0 Å². The molecule has 0 aromatic carbocycles. The molecule has 0 bridgehead atoms. The molecule has 10 atom stereocenters. The van der Waals surface area contributed by atoms with E-state index in [2.05, 4.69) is 19.1 Å². The molecule has 0 aromatic heterocycles. The van der Waals surface area contributed by atoms with Crippen LogP contribution in [0.4, 0.5) is 0 Å². The number of hydrogen-bond donors (Lipinski definition) is 1. The molecule has 1 nitrogen and oxygen atoms in total. The highest BCUT2D eigenvalue weighted by Gasteiger charge is 2.53. The predicted octanol–water partition coefficient (Wildman–Crippen LogP) is 5.83. The average Bonchev–Trinajstić information content (AvgIpc) is 3.03. The van der Waals surface area contributed by atoms with E-state index in [0.717, 1.165) is 41.4 Å². The van der Waals surface area contributed by atoms with E-state index in [0.29, 0.717) is 11.8 Å². The van der Waals surface area contributed by atoms with Crippen molar-refractivity contribution < 1.29 is 5.11 Å². The van der Waals surface area contributed by atoms with Gasteiger partial charge in [-0.15, -0.1) is 0 Å². The van der Waals surface area contributed by atoms with Crippen LogP contribution in [0.2, 0.25) is 0 Å². The van der Waals surface area contributed by atoms with Gasteiger partial charge in [0.1, 0.15) is 0 Å². The molecule has 5 aliphatic carbocycles. The van der Waals surface area contributed by atoms with Gasteiger partial charge in [0.05, 0.1) is 6.10 Å². The molecule has 0 spiro atoms. The molecule has 5 rings (SSSR count). The Morgan fingerprint density at radius 3 is 2.40 bits per heavy atom. The molecule has 0 saturated heterocycles. The van der Waals surface area contributed by atoms with E-state index in [1.54, 1.807) is 0 Å². The molecule has 0 amide bonds. The van der Waals surface area contributed by atoms with E-state index >= 15 is 0 Å². The van der Waals surface area contributed by atoms with Crippen LogP contribution in [0.5, 0.6) is 0 Å². The average molecular weight is 343 g/mol. The second kappa shape index (κ2) is 6.70. The lowest BCUT2D eigenvalue weighted by atomic mass is 9.59. The Bertz CT molecular complexity index is 508. The molecule has 5 aliphatic rings. The van der Waals surface area contributed by atoms with Crippen molar-refractivity contribution in [1.29, 1.82) is 0 Å². The maximum atomic E-state index is 11.6. The van der Waals surface area contributed by atoms with Crippen LogP contribution >= 0.6 is 0 Å². The Hall–Kier alpha value is -0.300. The van der Waals surface area contributed by atoms with Gasteiger partial charge in [-0.2, -0.15) is 0 Å². The molecule has 1 heteroatoms. The van der Waals surface area contributed by atoms with Crippen molar-refractivity contribution in [2.75, 3.05) is 0 Å². The first kappa shape index (κ1) is 16.8. The summed E-state index contributed by atoms with van der Waals surface area (Å²) in [6, 6.07) is 0. The number of hydrogen-bond acceptors (Lipinski definition) is 1. The minimum Gasteiger partial charge on any atom is -0.393 e. The molecule has 4 fully saturated rings. The Balaban J connectivity index is 1.34. The van der Waals surface area contributed by atoms with Gasteiger partial charge in [0, 0.05) is 0 Å². The molecule has 25 heavy (non-hydrogen) atoms. The molecule has 0 radical (unpaired) electrons. The van der Waals surface area contributed by atoms with Crippen LogP contribution in [-0.4, -0.2) is 11.2 Å². The van der Waals surface area contributed by atoms with Crippen LogP contribution in [-0.2, 0) is 0 Å². The Morgan fingerprint density at radius 2 is 1.52 bits per heavy atom. The third-order valence-electron chi connectivity index (χ3n) is 9.69. The summed E-state index contributed by atoms with van der Waals surface area (Å²) in [4.78, 5) is 0. The first-order chi connectivity index (χ1) is 12.2. The van der Waals surface area contributed by atoms with Gasteiger partial charge in [0.25, 0.3) is 0 Å². The highest BCUT2D eigenvalue weighted by Crippen LogP contribution is 2.59. The van der Waals surface area contributed by atoms with Crippen LogP contribution in [0.25, 0.3) is 0 Å². The number of fused-ring (bicyclic) bond motifs is 1. The van der Waals surface area contributed by atoms with Crippen LogP contribution < -0.4 is 0 Å². The summed E-state index contributed by atoms with van der Waals surface area (Å²) in [6.07, 6.45) is 20.2. The second-order valence-electron chi connectivity index (χ2n) is 10.5. The van der Waals surface area contributed by atoms with E-state index < -0.39 is 0 Å². The molecule has 9 unspecified atom stereocenters. The third-order valence-corrected chi connectivity index (χ3v) is 9.69. The largest absolute Gasteiger partial charge is 0.393 e. The zero-order chi connectivity index (χ0) is 17.0. The van der Waals surface area contributed by atoms with Crippen LogP contribution in [0.15, 0.2) is 12.2 Å². The number of allylic oxidation sites excluding steroid dienone is 2. The summed E-state index contributed by atoms with van der Waals surface area (Å²) in [5.41, 5.74) is 0. The van der Waals surface area contributed by atoms with Crippen LogP contribution in [0.1, 0.15) is 77.6 Å². The summed E-state index contributed by atoms with van der Waals surface area (Å²) in [5, 5.41) is 11.6. The Kier molecular flexibility index (Phi) is 4.51. The van der Waals surface area contributed by atoms with Gasteiger partial charge >= 0.3 is 0 Å². The lowest BCUT2D eigenvalue weighted by Crippen LogP contribution is -2.44. The molecule has 0 heterocycles. The molecule has 0 aliphatic heterocycles. The van der Waals surface area contributed by atoms with Gasteiger partial charge in [-0.05, 0) is 91.8 Å². The molecule has 140 valence electrons. The minimum absolute atomic E-state index is 0.00351. The highest BCUT2D eigenvalue weighted by molar-refractivity contribution is 5.04. The summed E-state index contributed by atoms with van der Waals surface area (Å²) >= 11 is 0. The number of aliphatic hydroxyl groups is 1. The SMILES string of the molecule is CC1C2CC=CCC2CC[C@@H]1C(O)C1CC2CCCC3CCCC1C32. The van der Waals surface area contributed by atoms with Crippen molar-refractivity contribution in [3.05, 3.63) is 12.2 Å². The molecule has 1 N–H and O–H groups in total. The van der Waals surface area contributed by atoms with Gasteiger partial charge < -0.3 is 5.11 Å². The molecular weight excluding hydrogens is 304 g/mol. The smallest absolute Gasteiger partial charge is 0.0602 e. The zero-order valence-corrected chi connectivity index (χ0v) is 16.2. The zero-order valence-electron chi connectivity index (χ0n) is 16.2. The monoisotopic (exact) mass is 342 g/mol. The van der Waals surface area contributed by atoms with Crippen molar-refractivity contribution in [2.45, 2.75) is 83.7 Å². The first-order valence-electron chi connectivity index (χ1n) is 11.6. The lowest BCUT2D eigenvalue weighted by molar-refractivity contribution is -0.0447. The van der Waals surface area contributed by atoms with E-state index in [1.165, 1.54) is 70.6 Å². The third kappa shape index (κ3) is 2.75.